The van der Waals surface area contributed by atoms with Crippen molar-refractivity contribution < 1.29 is 0 Å². The third-order valence-electron chi connectivity index (χ3n) is 5.53. The lowest BCUT2D eigenvalue weighted by Crippen LogP contribution is -2.51. The van der Waals surface area contributed by atoms with Crippen molar-refractivity contribution in [1.82, 2.24) is 15.1 Å². The minimum Gasteiger partial charge on any atom is -0.313 e. The fourth-order valence-electron chi connectivity index (χ4n) is 4.57. The van der Waals surface area contributed by atoms with Gasteiger partial charge in [-0.2, -0.15) is 0 Å². The van der Waals surface area contributed by atoms with Crippen molar-refractivity contribution in [2.75, 3.05) is 32.7 Å². The van der Waals surface area contributed by atoms with Crippen LogP contribution in [0.3, 0.4) is 0 Å². The molecular formula is C17H33N3. The zero-order chi connectivity index (χ0) is 13.9. The van der Waals surface area contributed by atoms with Gasteiger partial charge in [-0.3, -0.25) is 4.90 Å². The van der Waals surface area contributed by atoms with E-state index in [1.807, 2.05) is 0 Å². The lowest BCUT2D eigenvalue weighted by Gasteiger charge is -2.42. The average Bonchev–Trinajstić information content (AvgIpc) is 3.07. The van der Waals surface area contributed by atoms with Crippen molar-refractivity contribution in [3.05, 3.63) is 0 Å². The third-order valence-corrected chi connectivity index (χ3v) is 5.53. The van der Waals surface area contributed by atoms with E-state index < -0.39 is 0 Å². The first-order valence-corrected chi connectivity index (χ1v) is 8.94. The first-order chi connectivity index (χ1) is 9.72. The van der Waals surface area contributed by atoms with Crippen LogP contribution in [0.1, 0.15) is 52.4 Å². The van der Waals surface area contributed by atoms with E-state index in [4.69, 9.17) is 0 Å². The fourth-order valence-corrected chi connectivity index (χ4v) is 4.57. The Labute approximate surface area is 125 Å². The second-order valence-corrected chi connectivity index (χ2v) is 7.65. The molecule has 3 heteroatoms. The van der Waals surface area contributed by atoms with Gasteiger partial charge in [-0.15, -0.1) is 0 Å². The Kier molecular flexibility index (Phi) is 5.00. The summed E-state index contributed by atoms with van der Waals surface area (Å²) in [6.07, 6.45) is 8.48. The van der Waals surface area contributed by atoms with E-state index >= 15 is 0 Å². The van der Waals surface area contributed by atoms with E-state index in [-0.39, 0.29) is 0 Å². The maximum absolute atomic E-state index is 3.69. The molecule has 3 unspecified atom stereocenters. The number of hydrogen-bond acceptors (Lipinski definition) is 3. The van der Waals surface area contributed by atoms with Crippen LogP contribution in [0.2, 0.25) is 0 Å². The van der Waals surface area contributed by atoms with Crippen LogP contribution in [0.15, 0.2) is 0 Å². The van der Waals surface area contributed by atoms with Crippen LogP contribution in [0.4, 0.5) is 0 Å². The SMILES string of the molecule is CC(C)CN(CC1CCCN1)C1CCN2CCCC2C1. The zero-order valence-electron chi connectivity index (χ0n) is 13.5. The van der Waals surface area contributed by atoms with Gasteiger partial charge in [0.15, 0.2) is 0 Å². The molecule has 3 atom stereocenters. The van der Waals surface area contributed by atoms with E-state index in [1.165, 1.54) is 71.2 Å². The van der Waals surface area contributed by atoms with E-state index in [1.54, 1.807) is 0 Å². The highest BCUT2D eigenvalue weighted by Gasteiger charge is 2.35. The number of nitrogens with zero attached hydrogens (tertiary/aromatic N) is 2. The van der Waals surface area contributed by atoms with Crippen LogP contribution < -0.4 is 5.32 Å². The van der Waals surface area contributed by atoms with Crippen molar-refractivity contribution in [2.24, 2.45) is 5.92 Å². The quantitative estimate of drug-likeness (QED) is 0.833. The molecule has 1 N–H and O–H groups in total. The summed E-state index contributed by atoms with van der Waals surface area (Å²) in [6, 6.07) is 2.51. The third kappa shape index (κ3) is 3.55. The molecule has 3 rings (SSSR count). The minimum absolute atomic E-state index is 0.760. The van der Waals surface area contributed by atoms with Gasteiger partial charge in [-0.1, -0.05) is 13.8 Å². The molecule has 0 saturated carbocycles. The minimum atomic E-state index is 0.760. The summed E-state index contributed by atoms with van der Waals surface area (Å²) in [4.78, 5) is 5.58. The Morgan fingerprint density at radius 1 is 1.15 bits per heavy atom. The maximum atomic E-state index is 3.69. The van der Waals surface area contributed by atoms with Gasteiger partial charge < -0.3 is 10.2 Å². The largest absolute Gasteiger partial charge is 0.313 e. The highest BCUT2D eigenvalue weighted by atomic mass is 15.2. The number of piperidine rings is 1. The van der Waals surface area contributed by atoms with Gasteiger partial charge in [0.2, 0.25) is 0 Å². The lowest BCUT2D eigenvalue weighted by molar-refractivity contribution is 0.0738. The van der Waals surface area contributed by atoms with Gasteiger partial charge >= 0.3 is 0 Å². The summed E-state index contributed by atoms with van der Waals surface area (Å²) < 4.78 is 0. The van der Waals surface area contributed by atoms with Crippen molar-refractivity contribution in [3.8, 4) is 0 Å². The Hall–Kier alpha value is -0.120. The molecule has 0 aromatic carbocycles. The Bertz CT molecular complexity index is 299. The molecular weight excluding hydrogens is 246 g/mol. The summed E-state index contributed by atoms with van der Waals surface area (Å²) in [5, 5.41) is 3.69. The topological polar surface area (TPSA) is 18.5 Å². The Morgan fingerprint density at radius 2 is 2.05 bits per heavy atom. The predicted molar refractivity (Wildman–Crippen MR) is 85.1 cm³/mol. The van der Waals surface area contributed by atoms with E-state index in [0.29, 0.717) is 0 Å². The van der Waals surface area contributed by atoms with Crippen molar-refractivity contribution in [3.63, 3.8) is 0 Å². The summed E-state index contributed by atoms with van der Waals surface area (Å²) in [7, 11) is 0. The highest BCUT2D eigenvalue weighted by Crippen LogP contribution is 2.30. The number of rotatable bonds is 5. The molecule has 0 aromatic heterocycles. The summed E-state index contributed by atoms with van der Waals surface area (Å²) in [5.41, 5.74) is 0. The van der Waals surface area contributed by atoms with Crippen molar-refractivity contribution in [1.29, 1.82) is 0 Å². The van der Waals surface area contributed by atoms with Gasteiger partial charge in [0.25, 0.3) is 0 Å². The Balaban J connectivity index is 1.58. The standard InChI is InChI=1S/C17H33N3/c1-14(2)12-20(13-15-5-3-8-18-15)17-7-10-19-9-4-6-16(19)11-17/h14-18H,3-13H2,1-2H3. The van der Waals surface area contributed by atoms with Crippen molar-refractivity contribution in [2.45, 2.75) is 70.5 Å². The smallest absolute Gasteiger partial charge is 0.0195 e. The van der Waals surface area contributed by atoms with Crippen LogP contribution in [-0.4, -0.2) is 60.6 Å². The zero-order valence-corrected chi connectivity index (χ0v) is 13.5. The summed E-state index contributed by atoms with van der Waals surface area (Å²) >= 11 is 0. The van der Waals surface area contributed by atoms with Crippen LogP contribution in [0.5, 0.6) is 0 Å². The molecule has 3 aliphatic heterocycles. The highest BCUT2D eigenvalue weighted by molar-refractivity contribution is 4.92. The molecule has 0 radical (unpaired) electrons. The van der Waals surface area contributed by atoms with Crippen LogP contribution in [0.25, 0.3) is 0 Å². The molecule has 0 aromatic rings. The lowest BCUT2D eigenvalue weighted by atomic mass is 9.95. The number of nitrogens with one attached hydrogen (secondary N) is 1. The van der Waals surface area contributed by atoms with Gasteiger partial charge in [-0.25, -0.2) is 0 Å². The summed E-state index contributed by atoms with van der Waals surface area (Å²) in [5.74, 6) is 0.790. The molecule has 0 amide bonds. The maximum Gasteiger partial charge on any atom is 0.0195 e. The van der Waals surface area contributed by atoms with E-state index in [2.05, 4.69) is 29.0 Å². The first-order valence-electron chi connectivity index (χ1n) is 8.94. The first kappa shape index (κ1) is 14.8. The molecule has 3 nitrogen and oxygen atoms in total. The van der Waals surface area contributed by atoms with Crippen molar-refractivity contribution >= 4 is 0 Å². The van der Waals surface area contributed by atoms with Gasteiger partial charge in [0, 0.05) is 31.2 Å². The molecule has 0 bridgehead atoms. The van der Waals surface area contributed by atoms with Gasteiger partial charge in [-0.05, 0) is 64.1 Å². The number of fused-ring (bicyclic) bond motifs is 1. The fraction of sp³-hybridized carbons (Fsp3) is 1.00. The Morgan fingerprint density at radius 3 is 2.80 bits per heavy atom. The molecule has 20 heavy (non-hydrogen) atoms. The molecule has 0 spiro atoms. The molecule has 3 heterocycles. The second kappa shape index (κ2) is 6.76. The van der Waals surface area contributed by atoms with Crippen LogP contribution in [0, 0.1) is 5.92 Å². The molecule has 116 valence electrons. The van der Waals surface area contributed by atoms with E-state index in [0.717, 1.165) is 24.0 Å². The molecule has 3 aliphatic rings. The van der Waals surface area contributed by atoms with E-state index in [9.17, 15) is 0 Å². The predicted octanol–water partition coefficient (Wildman–Crippen LogP) is 2.32. The monoisotopic (exact) mass is 279 g/mol. The van der Waals surface area contributed by atoms with Gasteiger partial charge in [0.05, 0.1) is 0 Å². The second-order valence-electron chi connectivity index (χ2n) is 7.65. The normalized spacial score (nSPS) is 35.1. The van der Waals surface area contributed by atoms with Gasteiger partial charge in [0.1, 0.15) is 0 Å². The molecule has 0 aliphatic carbocycles. The molecule has 3 saturated heterocycles. The van der Waals surface area contributed by atoms with Crippen LogP contribution >= 0.6 is 0 Å². The van der Waals surface area contributed by atoms with Crippen LogP contribution in [-0.2, 0) is 0 Å². The summed E-state index contributed by atoms with van der Waals surface area (Å²) in [6.45, 7) is 11.3. The molecule has 3 fully saturated rings. The average molecular weight is 279 g/mol. The number of hydrogen-bond donors (Lipinski definition) is 1.